The van der Waals surface area contributed by atoms with E-state index in [9.17, 15) is 5.11 Å². The zero-order chi connectivity index (χ0) is 17.6. The van der Waals surface area contributed by atoms with E-state index in [0.717, 1.165) is 54.2 Å². The molecule has 2 aliphatic heterocycles. The van der Waals surface area contributed by atoms with Crippen molar-refractivity contribution in [3.63, 3.8) is 0 Å². The lowest BCUT2D eigenvalue weighted by Gasteiger charge is -2.53. The summed E-state index contributed by atoms with van der Waals surface area (Å²) in [4.78, 5) is 9.72. The van der Waals surface area contributed by atoms with Gasteiger partial charge in [-0.3, -0.25) is 0 Å². The minimum Gasteiger partial charge on any atom is -0.396 e. The molecule has 0 radical (unpaired) electrons. The molecule has 2 fully saturated rings. The summed E-state index contributed by atoms with van der Waals surface area (Å²) >= 11 is 6.14. The highest BCUT2D eigenvalue weighted by Gasteiger charge is 2.46. The van der Waals surface area contributed by atoms with Crippen LogP contribution in [0.5, 0.6) is 0 Å². The number of fused-ring (bicyclic) bond motifs is 2. The van der Waals surface area contributed by atoms with E-state index in [0.29, 0.717) is 12.6 Å². The number of rotatable bonds is 2. The standard InChI is InChI=1S/C20H26ClN3O/c1-14-10-19(22-17-5-4-15(21)11-16(14)17)24-9-7-20(13-25)6-3-8-23(2)18(20)12-24/h4-5,10-11,18,25H,3,6-9,12-13H2,1-2H3/t18-,20-/m1/s1. The molecule has 134 valence electrons. The average molecular weight is 360 g/mol. The molecular formula is C20H26ClN3O. The lowest BCUT2D eigenvalue weighted by Crippen LogP contribution is -2.61. The Hall–Kier alpha value is -1.36. The number of aryl methyl sites for hydroxylation is 1. The molecule has 0 spiro atoms. The number of hydrogen-bond acceptors (Lipinski definition) is 4. The van der Waals surface area contributed by atoms with Gasteiger partial charge in [0.1, 0.15) is 5.82 Å². The summed E-state index contributed by atoms with van der Waals surface area (Å²) in [5.41, 5.74) is 2.26. The van der Waals surface area contributed by atoms with Crippen LogP contribution in [0.2, 0.25) is 5.02 Å². The SMILES string of the molecule is Cc1cc(N2CC[C@@]3(CO)CCCN(C)[C@@H]3C2)nc2ccc(Cl)cc12. The number of aliphatic hydroxyl groups excluding tert-OH is 1. The molecule has 2 atom stereocenters. The van der Waals surface area contributed by atoms with E-state index >= 15 is 0 Å². The van der Waals surface area contributed by atoms with Crippen molar-refractivity contribution in [1.29, 1.82) is 0 Å². The number of benzene rings is 1. The van der Waals surface area contributed by atoms with Crippen molar-refractivity contribution in [1.82, 2.24) is 9.88 Å². The summed E-state index contributed by atoms with van der Waals surface area (Å²) in [7, 11) is 2.19. The van der Waals surface area contributed by atoms with Crippen molar-refractivity contribution >= 4 is 28.3 Å². The minimum absolute atomic E-state index is 0.0585. The van der Waals surface area contributed by atoms with Crippen molar-refractivity contribution in [3.05, 3.63) is 34.9 Å². The summed E-state index contributed by atoms with van der Waals surface area (Å²) in [6.07, 6.45) is 3.34. The molecule has 25 heavy (non-hydrogen) atoms. The first-order valence-corrected chi connectivity index (χ1v) is 9.53. The number of aromatic nitrogens is 1. The molecule has 0 bridgehead atoms. The largest absolute Gasteiger partial charge is 0.396 e. The maximum atomic E-state index is 10.1. The molecule has 2 saturated heterocycles. The predicted molar refractivity (Wildman–Crippen MR) is 103 cm³/mol. The second-order valence-corrected chi connectivity index (χ2v) is 8.21. The molecule has 1 N–H and O–H groups in total. The van der Waals surface area contributed by atoms with Crippen molar-refractivity contribution in [2.24, 2.45) is 5.41 Å². The Labute approximate surface area is 154 Å². The zero-order valence-electron chi connectivity index (χ0n) is 15.0. The number of anilines is 1. The molecule has 0 amide bonds. The fourth-order valence-electron chi connectivity index (χ4n) is 4.74. The van der Waals surface area contributed by atoms with Gasteiger partial charge in [0.2, 0.25) is 0 Å². The monoisotopic (exact) mass is 359 g/mol. The third-order valence-electron chi connectivity index (χ3n) is 6.30. The first kappa shape index (κ1) is 17.1. The third-order valence-corrected chi connectivity index (χ3v) is 6.54. The van der Waals surface area contributed by atoms with Gasteiger partial charge >= 0.3 is 0 Å². The van der Waals surface area contributed by atoms with Gasteiger partial charge in [0.15, 0.2) is 0 Å². The van der Waals surface area contributed by atoms with Gasteiger partial charge in [-0.2, -0.15) is 0 Å². The van der Waals surface area contributed by atoms with Gasteiger partial charge in [0.05, 0.1) is 12.1 Å². The number of likely N-dealkylation sites (N-methyl/N-ethyl adjacent to an activating group) is 1. The van der Waals surface area contributed by atoms with Gasteiger partial charge in [-0.1, -0.05) is 11.6 Å². The van der Waals surface area contributed by atoms with Gasteiger partial charge in [-0.15, -0.1) is 0 Å². The van der Waals surface area contributed by atoms with Gasteiger partial charge in [0.25, 0.3) is 0 Å². The highest BCUT2D eigenvalue weighted by atomic mass is 35.5. The van der Waals surface area contributed by atoms with Crippen LogP contribution in [0, 0.1) is 12.3 Å². The Balaban J connectivity index is 1.67. The number of nitrogens with zero attached hydrogens (tertiary/aromatic N) is 3. The second kappa shape index (κ2) is 6.42. The second-order valence-electron chi connectivity index (χ2n) is 7.78. The van der Waals surface area contributed by atoms with Crippen LogP contribution < -0.4 is 4.90 Å². The van der Waals surface area contributed by atoms with E-state index in [1.807, 2.05) is 18.2 Å². The summed E-state index contributed by atoms with van der Waals surface area (Å²) < 4.78 is 0. The number of pyridine rings is 1. The maximum absolute atomic E-state index is 10.1. The summed E-state index contributed by atoms with van der Waals surface area (Å²) in [6.45, 7) is 5.42. The molecule has 0 unspecified atom stereocenters. The number of hydrogen-bond donors (Lipinski definition) is 1. The molecule has 0 aliphatic carbocycles. The first-order valence-electron chi connectivity index (χ1n) is 9.15. The zero-order valence-corrected chi connectivity index (χ0v) is 15.8. The van der Waals surface area contributed by atoms with Crippen molar-refractivity contribution < 1.29 is 5.11 Å². The molecule has 4 nitrogen and oxygen atoms in total. The van der Waals surface area contributed by atoms with Gasteiger partial charge < -0.3 is 14.9 Å². The molecule has 0 saturated carbocycles. The Morgan fingerprint density at radius 3 is 2.92 bits per heavy atom. The molecule has 2 aromatic rings. The van der Waals surface area contributed by atoms with E-state index in [-0.39, 0.29) is 5.41 Å². The Kier molecular flexibility index (Phi) is 4.38. The highest BCUT2D eigenvalue weighted by Crippen LogP contribution is 2.42. The lowest BCUT2D eigenvalue weighted by atomic mass is 9.69. The van der Waals surface area contributed by atoms with Crippen molar-refractivity contribution in [3.8, 4) is 0 Å². The van der Waals surface area contributed by atoms with Crippen LogP contribution in [0.25, 0.3) is 10.9 Å². The van der Waals surface area contributed by atoms with E-state index in [1.54, 1.807) is 0 Å². The molecule has 2 aliphatic rings. The van der Waals surface area contributed by atoms with Crippen LogP contribution in [0.1, 0.15) is 24.8 Å². The van der Waals surface area contributed by atoms with Crippen LogP contribution >= 0.6 is 11.6 Å². The Morgan fingerprint density at radius 2 is 2.12 bits per heavy atom. The fourth-order valence-corrected chi connectivity index (χ4v) is 4.91. The first-order chi connectivity index (χ1) is 12.0. The molecule has 1 aromatic heterocycles. The summed E-state index contributed by atoms with van der Waals surface area (Å²) in [6, 6.07) is 8.46. The number of aliphatic hydroxyl groups is 1. The van der Waals surface area contributed by atoms with Gasteiger partial charge in [0, 0.05) is 35.0 Å². The maximum Gasteiger partial charge on any atom is 0.129 e. The van der Waals surface area contributed by atoms with Crippen molar-refractivity contribution in [2.45, 2.75) is 32.2 Å². The van der Waals surface area contributed by atoms with Crippen LogP contribution in [0.4, 0.5) is 5.82 Å². The highest BCUT2D eigenvalue weighted by molar-refractivity contribution is 6.31. The quantitative estimate of drug-likeness (QED) is 0.891. The normalized spacial score (nSPS) is 27.5. The average Bonchev–Trinajstić information content (AvgIpc) is 2.62. The number of piperidine rings is 2. The molecular weight excluding hydrogens is 334 g/mol. The van der Waals surface area contributed by atoms with E-state index < -0.39 is 0 Å². The lowest BCUT2D eigenvalue weighted by molar-refractivity contribution is -0.0277. The topological polar surface area (TPSA) is 39.6 Å². The van der Waals surface area contributed by atoms with Gasteiger partial charge in [-0.25, -0.2) is 4.98 Å². The van der Waals surface area contributed by atoms with E-state index in [1.165, 1.54) is 12.0 Å². The van der Waals surface area contributed by atoms with Crippen LogP contribution in [-0.4, -0.2) is 54.3 Å². The number of likely N-dealkylation sites (tertiary alicyclic amines) is 1. The smallest absolute Gasteiger partial charge is 0.129 e. The molecule has 3 heterocycles. The number of halogens is 1. The van der Waals surface area contributed by atoms with Crippen LogP contribution in [0.15, 0.2) is 24.3 Å². The molecule has 5 heteroatoms. The van der Waals surface area contributed by atoms with Crippen LogP contribution in [0.3, 0.4) is 0 Å². The summed E-state index contributed by atoms with van der Waals surface area (Å²) in [5.74, 6) is 1.04. The van der Waals surface area contributed by atoms with Crippen molar-refractivity contribution in [2.75, 3.05) is 38.2 Å². The molecule has 1 aromatic carbocycles. The van der Waals surface area contributed by atoms with E-state index in [2.05, 4.69) is 29.8 Å². The summed E-state index contributed by atoms with van der Waals surface area (Å²) in [5, 5.41) is 12.0. The van der Waals surface area contributed by atoms with Gasteiger partial charge in [-0.05, 0) is 69.6 Å². The predicted octanol–water partition coefficient (Wildman–Crippen LogP) is 3.48. The Bertz CT molecular complexity index is 796. The minimum atomic E-state index is 0.0585. The van der Waals surface area contributed by atoms with Crippen LogP contribution in [-0.2, 0) is 0 Å². The third kappa shape index (κ3) is 2.90. The molecule has 4 rings (SSSR count). The Morgan fingerprint density at radius 1 is 1.28 bits per heavy atom. The fraction of sp³-hybridized carbons (Fsp3) is 0.550. The van der Waals surface area contributed by atoms with E-state index in [4.69, 9.17) is 16.6 Å².